The molecule has 0 aromatic rings. The van der Waals surface area contributed by atoms with Crippen molar-refractivity contribution in [1.29, 1.82) is 0 Å². The molecule has 0 atom stereocenters. The molecule has 0 radical (unpaired) electrons. The number of rotatable bonds is 4. The molecule has 1 heterocycles. The van der Waals surface area contributed by atoms with Crippen molar-refractivity contribution in [1.82, 2.24) is 10.4 Å². The van der Waals surface area contributed by atoms with E-state index in [-0.39, 0.29) is 0 Å². The maximum atomic E-state index is 5.18. The van der Waals surface area contributed by atoms with E-state index < -0.39 is 0 Å². The molecule has 0 saturated carbocycles. The molecule has 66 valence electrons. The van der Waals surface area contributed by atoms with Gasteiger partial charge in [0.05, 0.1) is 7.11 Å². The molecule has 0 bridgehead atoms. The van der Waals surface area contributed by atoms with Gasteiger partial charge in [-0.2, -0.15) is 5.06 Å². The van der Waals surface area contributed by atoms with Crippen LogP contribution in [0.4, 0.5) is 0 Å². The zero-order valence-corrected chi connectivity index (χ0v) is 7.68. The van der Waals surface area contributed by atoms with Gasteiger partial charge in [-0.15, -0.1) is 0 Å². The molecule has 1 saturated heterocycles. The maximum absolute atomic E-state index is 5.18. The van der Waals surface area contributed by atoms with Crippen LogP contribution in [0.25, 0.3) is 0 Å². The van der Waals surface area contributed by atoms with Crippen molar-refractivity contribution in [3.63, 3.8) is 0 Å². The average Bonchev–Trinajstić information content (AvgIpc) is 1.97. The van der Waals surface area contributed by atoms with Gasteiger partial charge >= 0.3 is 0 Å². The molecular formula is C8H18N2O. The smallest absolute Gasteiger partial charge is 0.0575 e. The normalized spacial score (nSPS) is 21.8. The number of hydrogen-bond donors (Lipinski definition) is 1. The minimum absolute atomic E-state index is 0.437. The Morgan fingerprint density at radius 2 is 2.18 bits per heavy atom. The van der Waals surface area contributed by atoms with Gasteiger partial charge in [0.15, 0.2) is 0 Å². The quantitative estimate of drug-likeness (QED) is 0.602. The molecule has 0 amide bonds. The van der Waals surface area contributed by atoms with E-state index in [1.54, 1.807) is 7.11 Å². The lowest BCUT2D eigenvalue weighted by Gasteiger charge is -2.41. The standard InChI is InChI=1S/C8H18N2O/c1-4-10(11-3)7-8(2)5-9-6-8/h9H,4-7H2,1-3H3. The van der Waals surface area contributed by atoms with Gasteiger partial charge in [0.25, 0.3) is 0 Å². The summed E-state index contributed by atoms with van der Waals surface area (Å²) >= 11 is 0. The highest BCUT2D eigenvalue weighted by molar-refractivity contribution is 4.89. The van der Waals surface area contributed by atoms with Crippen LogP contribution in [-0.4, -0.2) is 38.4 Å². The molecule has 1 aliphatic rings. The van der Waals surface area contributed by atoms with Crippen LogP contribution in [0.3, 0.4) is 0 Å². The van der Waals surface area contributed by atoms with E-state index in [9.17, 15) is 0 Å². The second-order valence-electron chi connectivity index (χ2n) is 3.55. The molecule has 3 heteroatoms. The highest BCUT2D eigenvalue weighted by Crippen LogP contribution is 2.22. The summed E-state index contributed by atoms with van der Waals surface area (Å²) in [5.41, 5.74) is 0.437. The summed E-state index contributed by atoms with van der Waals surface area (Å²) in [6, 6.07) is 0. The second-order valence-corrected chi connectivity index (χ2v) is 3.55. The third-order valence-electron chi connectivity index (χ3n) is 2.27. The molecule has 0 aromatic heterocycles. The first-order valence-corrected chi connectivity index (χ1v) is 4.20. The second kappa shape index (κ2) is 3.52. The zero-order valence-electron chi connectivity index (χ0n) is 7.68. The summed E-state index contributed by atoms with van der Waals surface area (Å²) in [4.78, 5) is 5.18. The summed E-state index contributed by atoms with van der Waals surface area (Å²) in [5, 5.41) is 5.27. The third kappa shape index (κ3) is 2.15. The van der Waals surface area contributed by atoms with Crippen LogP contribution in [0.1, 0.15) is 13.8 Å². The van der Waals surface area contributed by atoms with Crippen LogP contribution in [0.15, 0.2) is 0 Å². The van der Waals surface area contributed by atoms with Crippen molar-refractivity contribution in [3.05, 3.63) is 0 Å². The Morgan fingerprint density at radius 3 is 2.45 bits per heavy atom. The van der Waals surface area contributed by atoms with Crippen molar-refractivity contribution in [2.24, 2.45) is 5.41 Å². The predicted molar refractivity (Wildman–Crippen MR) is 45.2 cm³/mol. The molecule has 0 unspecified atom stereocenters. The SMILES string of the molecule is CCN(CC1(C)CNC1)OC. The summed E-state index contributed by atoms with van der Waals surface area (Å²) in [5.74, 6) is 0. The first kappa shape index (κ1) is 8.97. The molecule has 0 aliphatic carbocycles. The first-order chi connectivity index (χ1) is 5.20. The first-order valence-electron chi connectivity index (χ1n) is 4.20. The van der Waals surface area contributed by atoms with Gasteiger partial charge in [-0.1, -0.05) is 13.8 Å². The molecular weight excluding hydrogens is 140 g/mol. The Kier molecular flexibility index (Phi) is 2.87. The largest absolute Gasteiger partial charge is 0.315 e. The van der Waals surface area contributed by atoms with Crippen LogP contribution < -0.4 is 5.32 Å². The van der Waals surface area contributed by atoms with Crippen molar-refractivity contribution < 1.29 is 4.84 Å². The monoisotopic (exact) mass is 158 g/mol. The van der Waals surface area contributed by atoms with Crippen molar-refractivity contribution >= 4 is 0 Å². The Hall–Kier alpha value is -0.120. The third-order valence-corrected chi connectivity index (χ3v) is 2.27. The van der Waals surface area contributed by atoms with Gasteiger partial charge in [-0.3, -0.25) is 0 Å². The minimum atomic E-state index is 0.437. The highest BCUT2D eigenvalue weighted by atomic mass is 16.7. The van der Waals surface area contributed by atoms with Gasteiger partial charge in [0, 0.05) is 31.6 Å². The Balaban J connectivity index is 2.27. The fourth-order valence-corrected chi connectivity index (χ4v) is 1.39. The van der Waals surface area contributed by atoms with Crippen molar-refractivity contribution in [2.45, 2.75) is 13.8 Å². The Morgan fingerprint density at radius 1 is 1.55 bits per heavy atom. The van der Waals surface area contributed by atoms with E-state index in [2.05, 4.69) is 19.2 Å². The summed E-state index contributed by atoms with van der Waals surface area (Å²) in [6.45, 7) is 8.63. The van der Waals surface area contributed by atoms with Crippen molar-refractivity contribution in [3.8, 4) is 0 Å². The van der Waals surface area contributed by atoms with E-state index >= 15 is 0 Å². The molecule has 3 nitrogen and oxygen atoms in total. The molecule has 1 N–H and O–H groups in total. The average molecular weight is 158 g/mol. The van der Waals surface area contributed by atoms with Crippen LogP contribution in [0.2, 0.25) is 0 Å². The van der Waals surface area contributed by atoms with E-state index in [1.807, 2.05) is 5.06 Å². The van der Waals surface area contributed by atoms with Crippen molar-refractivity contribution in [2.75, 3.05) is 33.3 Å². The molecule has 1 aliphatic heterocycles. The van der Waals surface area contributed by atoms with E-state index in [0.29, 0.717) is 5.41 Å². The van der Waals surface area contributed by atoms with Crippen LogP contribution in [0, 0.1) is 5.41 Å². The van der Waals surface area contributed by atoms with Crippen LogP contribution in [-0.2, 0) is 4.84 Å². The molecule has 0 aromatic carbocycles. The lowest BCUT2D eigenvalue weighted by molar-refractivity contribution is -0.152. The molecule has 0 spiro atoms. The van der Waals surface area contributed by atoms with Gasteiger partial charge in [0.2, 0.25) is 0 Å². The number of hydrogen-bond acceptors (Lipinski definition) is 3. The summed E-state index contributed by atoms with van der Waals surface area (Å²) < 4.78 is 0. The lowest BCUT2D eigenvalue weighted by Crippen LogP contribution is -2.56. The van der Waals surface area contributed by atoms with Gasteiger partial charge in [0.1, 0.15) is 0 Å². The van der Waals surface area contributed by atoms with Gasteiger partial charge in [-0.05, 0) is 0 Å². The summed E-state index contributed by atoms with van der Waals surface area (Å²) in [6.07, 6.45) is 0. The van der Waals surface area contributed by atoms with Gasteiger partial charge < -0.3 is 10.2 Å². The highest BCUT2D eigenvalue weighted by Gasteiger charge is 2.33. The van der Waals surface area contributed by atoms with E-state index in [1.165, 1.54) is 0 Å². The van der Waals surface area contributed by atoms with Crippen LogP contribution >= 0.6 is 0 Å². The zero-order chi connectivity index (χ0) is 8.32. The summed E-state index contributed by atoms with van der Waals surface area (Å²) in [7, 11) is 1.74. The number of nitrogens with one attached hydrogen (secondary N) is 1. The molecule has 11 heavy (non-hydrogen) atoms. The van der Waals surface area contributed by atoms with E-state index in [0.717, 1.165) is 26.2 Å². The predicted octanol–water partition coefficient (Wildman–Crippen LogP) is 0.479. The lowest BCUT2D eigenvalue weighted by atomic mass is 9.84. The fraction of sp³-hybridized carbons (Fsp3) is 1.00. The maximum Gasteiger partial charge on any atom is 0.0575 e. The fourth-order valence-electron chi connectivity index (χ4n) is 1.39. The number of nitrogens with zero attached hydrogens (tertiary/aromatic N) is 1. The van der Waals surface area contributed by atoms with Crippen LogP contribution in [0.5, 0.6) is 0 Å². The molecule has 1 rings (SSSR count). The van der Waals surface area contributed by atoms with E-state index in [4.69, 9.17) is 4.84 Å². The minimum Gasteiger partial charge on any atom is -0.315 e. The molecule has 1 fully saturated rings. The Bertz CT molecular complexity index is 119. The van der Waals surface area contributed by atoms with Gasteiger partial charge in [-0.25, -0.2) is 0 Å². The topological polar surface area (TPSA) is 24.5 Å². The Labute approximate surface area is 68.7 Å². The number of hydroxylamine groups is 2.